The maximum absolute atomic E-state index is 11.8. The van der Waals surface area contributed by atoms with Gasteiger partial charge in [-0.2, -0.15) is 0 Å². The second-order valence-corrected chi connectivity index (χ2v) is 5.94. The van der Waals surface area contributed by atoms with Gasteiger partial charge in [-0.05, 0) is 12.1 Å². The summed E-state index contributed by atoms with van der Waals surface area (Å²) in [4.78, 5) is 0. The number of anilines is 1. The molecule has 0 saturated carbocycles. The molecule has 0 atom stereocenters. The minimum absolute atomic E-state index is 0.114. The van der Waals surface area contributed by atoms with E-state index in [1.165, 1.54) is 0 Å². The third-order valence-corrected chi connectivity index (χ3v) is 3.82. The maximum Gasteiger partial charge on any atom is 0.235 e. The molecule has 8 heteroatoms. The minimum atomic E-state index is -3.45. The van der Waals surface area contributed by atoms with Crippen molar-refractivity contribution in [1.29, 1.82) is 0 Å². The van der Waals surface area contributed by atoms with E-state index in [9.17, 15) is 8.42 Å². The Balaban J connectivity index is 1.85. The molecular weight excluding hydrogens is 286 g/mol. The van der Waals surface area contributed by atoms with E-state index in [1.54, 1.807) is 25.3 Å². The Kier molecular flexibility index (Phi) is 5.05. The molecule has 2 rings (SSSR count). The summed E-state index contributed by atoms with van der Waals surface area (Å²) in [5.74, 6) is 1.02. The Morgan fingerprint density at radius 1 is 1.20 bits per heavy atom. The Hall–Kier alpha value is -1.51. The Morgan fingerprint density at radius 3 is 2.80 bits per heavy atom. The molecule has 0 bridgehead atoms. The standard InChI is InChI=1S/C12H17NO6S/c1-16-4-5-17-6-7-20(14,15)13-10-2-3-11-12(8-10)19-9-18-11/h2-3,8,13H,4-7,9H2,1H3. The zero-order chi connectivity index (χ0) is 14.4. The largest absolute Gasteiger partial charge is 0.454 e. The van der Waals surface area contributed by atoms with E-state index in [4.69, 9.17) is 18.9 Å². The van der Waals surface area contributed by atoms with Crippen LogP contribution in [0.4, 0.5) is 5.69 Å². The third kappa shape index (κ3) is 4.26. The minimum Gasteiger partial charge on any atom is -0.454 e. The van der Waals surface area contributed by atoms with Crippen LogP contribution in [-0.2, 0) is 19.5 Å². The highest BCUT2D eigenvalue weighted by Gasteiger charge is 2.16. The van der Waals surface area contributed by atoms with Crippen LogP contribution in [0.1, 0.15) is 0 Å². The lowest BCUT2D eigenvalue weighted by Crippen LogP contribution is -2.20. The molecule has 0 aliphatic carbocycles. The predicted molar refractivity (Wildman–Crippen MR) is 72.7 cm³/mol. The summed E-state index contributed by atoms with van der Waals surface area (Å²) in [5.41, 5.74) is 0.436. The lowest BCUT2D eigenvalue weighted by atomic mass is 10.3. The molecule has 1 aromatic carbocycles. The highest BCUT2D eigenvalue weighted by molar-refractivity contribution is 7.92. The quantitative estimate of drug-likeness (QED) is 0.716. The van der Waals surface area contributed by atoms with Gasteiger partial charge in [0, 0.05) is 13.2 Å². The summed E-state index contributed by atoms with van der Waals surface area (Å²) in [6, 6.07) is 4.87. The van der Waals surface area contributed by atoms with E-state index in [1.807, 2.05) is 0 Å². The molecule has 1 aromatic rings. The normalized spacial score (nSPS) is 13.4. The number of sulfonamides is 1. The van der Waals surface area contributed by atoms with Gasteiger partial charge in [0.05, 0.1) is 31.3 Å². The Morgan fingerprint density at radius 2 is 2.00 bits per heavy atom. The molecule has 20 heavy (non-hydrogen) atoms. The van der Waals surface area contributed by atoms with Crippen molar-refractivity contribution in [1.82, 2.24) is 0 Å². The van der Waals surface area contributed by atoms with Gasteiger partial charge >= 0.3 is 0 Å². The lowest BCUT2D eigenvalue weighted by molar-refractivity contribution is 0.0785. The number of nitrogens with one attached hydrogen (secondary N) is 1. The SMILES string of the molecule is COCCOCCS(=O)(=O)Nc1ccc2c(c1)OCO2. The first-order valence-corrected chi connectivity index (χ1v) is 7.73. The van der Waals surface area contributed by atoms with Gasteiger partial charge in [0.2, 0.25) is 16.8 Å². The van der Waals surface area contributed by atoms with Crippen LogP contribution in [0.25, 0.3) is 0 Å². The van der Waals surface area contributed by atoms with Crippen LogP contribution >= 0.6 is 0 Å². The predicted octanol–water partition coefficient (Wildman–Crippen LogP) is 0.820. The first-order valence-electron chi connectivity index (χ1n) is 6.07. The van der Waals surface area contributed by atoms with Crippen molar-refractivity contribution in [3.8, 4) is 11.5 Å². The molecule has 0 amide bonds. The number of ether oxygens (including phenoxy) is 4. The van der Waals surface area contributed by atoms with Gasteiger partial charge in [0.15, 0.2) is 11.5 Å². The van der Waals surface area contributed by atoms with E-state index in [-0.39, 0.29) is 19.2 Å². The van der Waals surface area contributed by atoms with Crippen LogP contribution in [0.5, 0.6) is 11.5 Å². The molecule has 0 aromatic heterocycles. The van der Waals surface area contributed by atoms with E-state index in [2.05, 4.69) is 4.72 Å². The highest BCUT2D eigenvalue weighted by Crippen LogP contribution is 2.34. The fourth-order valence-electron chi connectivity index (χ4n) is 1.60. The van der Waals surface area contributed by atoms with Crippen molar-refractivity contribution in [2.45, 2.75) is 0 Å². The third-order valence-electron chi connectivity index (χ3n) is 2.57. The topological polar surface area (TPSA) is 83.1 Å². The molecule has 0 fully saturated rings. The van der Waals surface area contributed by atoms with Crippen LogP contribution in [0.3, 0.4) is 0 Å². The first-order chi connectivity index (χ1) is 9.61. The van der Waals surface area contributed by atoms with Crippen LogP contribution in [0.2, 0.25) is 0 Å². The van der Waals surface area contributed by atoms with E-state index >= 15 is 0 Å². The monoisotopic (exact) mass is 303 g/mol. The smallest absolute Gasteiger partial charge is 0.235 e. The van der Waals surface area contributed by atoms with Crippen molar-refractivity contribution in [3.05, 3.63) is 18.2 Å². The summed E-state index contributed by atoms with van der Waals surface area (Å²) in [5, 5.41) is 0. The zero-order valence-corrected chi connectivity index (χ0v) is 11.9. The van der Waals surface area contributed by atoms with Gasteiger partial charge in [0.1, 0.15) is 0 Å². The number of benzene rings is 1. The molecule has 0 spiro atoms. The summed E-state index contributed by atoms with van der Waals surface area (Å²) < 4.78 is 46.4. The maximum atomic E-state index is 11.8. The van der Waals surface area contributed by atoms with Crippen molar-refractivity contribution in [2.24, 2.45) is 0 Å². The van der Waals surface area contributed by atoms with E-state index in [0.717, 1.165) is 0 Å². The molecular formula is C12H17NO6S. The lowest BCUT2D eigenvalue weighted by Gasteiger charge is -2.09. The van der Waals surface area contributed by atoms with Gasteiger partial charge in [-0.1, -0.05) is 0 Å². The second-order valence-electron chi connectivity index (χ2n) is 4.09. The molecule has 0 radical (unpaired) electrons. The molecule has 1 N–H and O–H groups in total. The molecule has 1 aliphatic rings. The molecule has 0 saturated heterocycles. The van der Waals surface area contributed by atoms with Crippen LogP contribution in [-0.4, -0.2) is 47.9 Å². The molecule has 0 unspecified atom stereocenters. The molecule has 1 aliphatic heterocycles. The number of fused-ring (bicyclic) bond motifs is 1. The van der Waals surface area contributed by atoms with Gasteiger partial charge in [-0.25, -0.2) is 8.42 Å². The van der Waals surface area contributed by atoms with Crippen molar-refractivity contribution in [3.63, 3.8) is 0 Å². The van der Waals surface area contributed by atoms with Gasteiger partial charge < -0.3 is 18.9 Å². The molecule has 112 valence electrons. The number of hydrogen-bond donors (Lipinski definition) is 1. The fraction of sp³-hybridized carbons (Fsp3) is 0.500. The average molecular weight is 303 g/mol. The van der Waals surface area contributed by atoms with Crippen molar-refractivity contribution in [2.75, 3.05) is 44.2 Å². The number of methoxy groups -OCH3 is 1. The van der Waals surface area contributed by atoms with Crippen LogP contribution < -0.4 is 14.2 Å². The molecule has 1 heterocycles. The Labute approximate surface area is 117 Å². The summed E-state index contributed by atoms with van der Waals surface area (Å²) >= 11 is 0. The van der Waals surface area contributed by atoms with Gasteiger partial charge in [0.25, 0.3) is 0 Å². The highest BCUT2D eigenvalue weighted by atomic mass is 32.2. The van der Waals surface area contributed by atoms with Crippen molar-refractivity contribution >= 4 is 15.7 Å². The second kappa shape index (κ2) is 6.78. The number of hydrogen-bond acceptors (Lipinski definition) is 6. The van der Waals surface area contributed by atoms with Crippen LogP contribution in [0.15, 0.2) is 18.2 Å². The fourth-order valence-corrected chi connectivity index (χ4v) is 2.53. The van der Waals surface area contributed by atoms with E-state index in [0.29, 0.717) is 30.4 Å². The van der Waals surface area contributed by atoms with Crippen molar-refractivity contribution < 1.29 is 27.4 Å². The number of rotatable bonds is 8. The average Bonchev–Trinajstić information content (AvgIpc) is 2.85. The van der Waals surface area contributed by atoms with E-state index < -0.39 is 10.0 Å². The van der Waals surface area contributed by atoms with Gasteiger partial charge in [-0.3, -0.25) is 4.72 Å². The van der Waals surface area contributed by atoms with Crippen LogP contribution in [0, 0.1) is 0 Å². The Bertz CT molecular complexity index is 545. The summed E-state index contributed by atoms with van der Waals surface area (Å²) in [7, 11) is -1.89. The summed E-state index contributed by atoms with van der Waals surface area (Å²) in [6.45, 7) is 1.08. The summed E-state index contributed by atoms with van der Waals surface area (Å²) in [6.07, 6.45) is 0. The zero-order valence-electron chi connectivity index (χ0n) is 11.1. The first kappa shape index (κ1) is 14.9. The van der Waals surface area contributed by atoms with Gasteiger partial charge in [-0.15, -0.1) is 0 Å². The molecule has 7 nitrogen and oxygen atoms in total.